The van der Waals surface area contributed by atoms with E-state index in [9.17, 15) is 19.5 Å². The van der Waals surface area contributed by atoms with Crippen LogP contribution in [0.4, 0.5) is 4.79 Å². The third-order valence-corrected chi connectivity index (χ3v) is 3.84. The molecule has 1 heterocycles. The summed E-state index contributed by atoms with van der Waals surface area (Å²) in [6, 6.07) is 5.47. The van der Waals surface area contributed by atoms with Crippen LogP contribution in [0.5, 0.6) is 0 Å². The molecule has 118 valence electrons. The number of carbonyl (C=O) groups excluding carboxylic acids is 2. The van der Waals surface area contributed by atoms with Gasteiger partial charge in [0.2, 0.25) is 0 Å². The number of aliphatic hydroxyl groups excluding tert-OH is 1. The van der Waals surface area contributed by atoms with Crippen LogP contribution in [0, 0.1) is 0 Å². The first-order chi connectivity index (χ1) is 10.4. The van der Waals surface area contributed by atoms with Crippen LogP contribution < -0.4 is 0 Å². The van der Waals surface area contributed by atoms with Gasteiger partial charge in [-0.1, -0.05) is 28.1 Å². The Kier molecular flexibility index (Phi) is 5.15. The van der Waals surface area contributed by atoms with Crippen LogP contribution in [0.1, 0.15) is 16.8 Å². The van der Waals surface area contributed by atoms with E-state index in [-0.39, 0.29) is 18.7 Å². The van der Waals surface area contributed by atoms with E-state index in [4.69, 9.17) is 9.84 Å². The number of β-amino-alcohol motifs (C(OH)–C–C–N with tert-alkyl or cyclic N) is 1. The van der Waals surface area contributed by atoms with E-state index in [2.05, 4.69) is 15.9 Å². The van der Waals surface area contributed by atoms with Crippen LogP contribution in [-0.2, 0) is 9.53 Å². The SMILES string of the molecule is O=C(COC(=O)C1CC(O)CN1C(=O)O)c1ccc(Br)cc1. The van der Waals surface area contributed by atoms with Crippen molar-refractivity contribution in [3.05, 3.63) is 34.3 Å². The molecule has 0 bridgehead atoms. The zero-order valence-electron chi connectivity index (χ0n) is 11.4. The Hall–Kier alpha value is -1.93. The van der Waals surface area contributed by atoms with Gasteiger partial charge in [0.05, 0.1) is 12.6 Å². The highest BCUT2D eigenvalue weighted by atomic mass is 79.9. The minimum Gasteiger partial charge on any atom is -0.465 e. The number of hydrogen-bond donors (Lipinski definition) is 2. The van der Waals surface area contributed by atoms with Crippen molar-refractivity contribution < 1.29 is 29.3 Å². The van der Waals surface area contributed by atoms with E-state index in [1.807, 2.05) is 0 Å². The molecule has 0 radical (unpaired) electrons. The number of hydrogen-bond acceptors (Lipinski definition) is 5. The zero-order valence-corrected chi connectivity index (χ0v) is 13.0. The Morgan fingerprint density at radius 3 is 2.50 bits per heavy atom. The molecule has 1 aliphatic heterocycles. The van der Waals surface area contributed by atoms with Crippen molar-refractivity contribution in [1.82, 2.24) is 4.90 Å². The molecule has 0 spiro atoms. The van der Waals surface area contributed by atoms with Crippen LogP contribution in [0.15, 0.2) is 28.7 Å². The fourth-order valence-electron chi connectivity index (χ4n) is 2.20. The average molecular weight is 372 g/mol. The minimum absolute atomic E-state index is 0.0302. The number of Topliss-reactive ketones (excluding diaryl/α,β-unsaturated/α-hetero) is 1. The lowest BCUT2D eigenvalue weighted by Crippen LogP contribution is -2.41. The Balaban J connectivity index is 1.93. The van der Waals surface area contributed by atoms with Gasteiger partial charge in [0.1, 0.15) is 6.04 Å². The molecule has 0 aromatic heterocycles. The van der Waals surface area contributed by atoms with Crippen LogP contribution >= 0.6 is 15.9 Å². The zero-order chi connectivity index (χ0) is 16.3. The van der Waals surface area contributed by atoms with Crippen molar-refractivity contribution in [2.75, 3.05) is 13.2 Å². The van der Waals surface area contributed by atoms with Crippen molar-refractivity contribution in [3.8, 4) is 0 Å². The number of benzene rings is 1. The van der Waals surface area contributed by atoms with Crippen LogP contribution in [-0.4, -0.2) is 58.3 Å². The minimum atomic E-state index is -1.31. The number of carboxylic acid groups (broad SMARTS) is 1. The average Bonchev–Trinajstić information content (AvgIpc) is 2.87. The molecule has 1 aromatic carbocycles. The maximum absolute atomic E-state index is 11.9. The maximum atomic E-state index is 11.9. The second-order valence-corrected chi connectivity index (χ2v) is 5.79. The summed E-state index contributed by atoms with van der Waals surface area (Å²) < 4.78 is 5.70. The summed E-state index contributed by atoms with van der Waals surface area (Å²) in [7, 11) is 0. The topological polar surface area (TPSA) is 104 Å². The summed E-state index contributed by atoms with van der Waals surface area (Å²) in [4.78, 5) is 35.6. The van der Waals surface area contributed by atoms with Gasteiger partial charge >= 0.3 is 12.1 Å². The smallest absolute Gasteiger partial charge is 0.408 e. The molecular weight excluding hydrogens is 358 g/mol. The quantitative estimate of drug-likeness (QED) is 0.610. The predicted octanol–water partition coefficient (Wildman–Crippen LogP) is 1.29. The molecule has 2 rings (SSSR count). The third kappa shape index (κ3) is 3.83. The number of esters is 1. The highest BCUT2D eigenvalue weighted by molar-refractivity contribution is 9.10. The molecule has 2 unspecified atom stereocenters. The summed E-state index contributed by atoms with van der Waals surface area (Å²) in [5.41, 5.74) is 0.387. The van der Waals surface area contributed by atoms with E-state index in [1.165, 1.54) is 0 Å². The normalized spacial score (nSPS) is 20.7. The van der Waals surface area contributed by atoms with E-state index >= 15 is 0 Å². The molecule has 0 aliphatic carbocycles. The van der Waals surface area contributed by atoms with Crippen LogP contribution in [0.3, 0.4) is 0 Å². The van der Waals surface area contributed by atoms with Gasteiger partial charge in [0.25, 0.3) is 0 Å². The number of nitrogens with zero attached hydrogens (tertiary/aromatic N) is 1. The Labute approximate surface area is 134 Å². The summed E-state index contributed by atoms with van der Waals surface area (Å²) >= 11 is 3.25. The van der Waals surface area contributed by atoms with E-state index in [1.54, 1.807) is 24.3 Å². The van der Waals surface area contributed by atoms with E-state index < -0.39 is 30.8 Å². The van der Waals surface area contributed by atoms with Gasteiger partial charge in [0.15, 0.2) is 12.4 Å². The molecule has 1 saturated heterocycles. The highest BCUT2D eigenvalue weighted by Crippen LogP contribution is 2.19. The maximum Gasteiger partial charge on any atom is 0.408 e. The Bertz CT molecular complexity index is 588. The van der Waals surface area contributed by atoms with Gasteiger partial charge in [0, 0.05) is 16.5 Å². The molecule has 7 nitrogen and oxygen atoms in total. The molecule has 8 heteroatoms. The van der Waals surface area contributed by atoms with Crippen molar-refractivity contribution in [2.24, 2.45) is 0 Å². The first-order valence-electron chi connectivity index (χ1n) is 6.51. The second kappa shape index (κ2) is 6.89. The number of aliphatic hydroxyl groups is 1. The standard InChI is InChI=1S/C14H14BrNO6/c15-9-3-1-8(2-4-9)12(18)7-22-13(19)11-5-10(17)6-16(11)14(20)21/h1-4,10-11,17H,5-7H2,(H,20,21). The number of amides is 1. The van der Waals surface area contributed by atoms with Crippen molar-refractivity contribution >= 4 is 33.8 Å². The predicted molar refractivity (Wildman–Crippen MR) is 78.6 cm³/mol. The van der Waals surface area contributed by atoms with Crippen LogP contribution in [0.2, 0.25) is 0 Å². The van der Waals surface area contributed by atoms with Gasteiger partial charge in [-0.3, -0.25) is 9.69 Å². The number of carbonyl (C=O) groups is 3. The van der Waals surface area contributed by atoms with Gasteiger partial charge in [-0.15, -0.1) is 0 Å². The molecule has 22 heavy (non-hydrogen) atoms. The highest BCUT2D eigenvalue weighted by Gasteiger charge is 2.40. The van der Waals surface area contributed by atoms with Crippen LogP contribution in [0.25, 0.3) is 0 Å². The molecular formula is C14H14BrNO6. The Morgan fingerprint density at radius 1 is 1.27 bits per heavy atom. The first-order valence-corrected chi connectivity index (χ1v) is 7.31. The van der Waals surface area contributed by atoms with Crippen molar-refractivity contribution in [1.29, 1.82) is 0 Å². The summed E-state index contributed by atoms with van der Waals surface area (Å²) in [5, 5.41) is 18.4. The Morgan fingerprint density at radius 2 is 1.91 bits per heavy atom. The van der Waals surface area contributed by atoms with Gasteiger partial charge in [-0.05, 0) is 12.1 Å². The summed E-state index contributed by atoms with van der Waals surface area (Å²) in [6.07, 6.45) is -2.24. The summed E-state index contributed by atoms with van der Waals surface area (Å²) in [5.74, 6) is -1.22. The molecule has 1 fully saturated rings. The largest absolute Gasteiger partial charge is 0.465 e. The number of ether oxygens (including phenoxy) is 1. The van der Waals surface area contributed by atoms with Gasteiger partial charge in [-0.25, -0.2) is 9.59 Å². The number of ketones is 1. The number of likely N-dealkylation sites (tertiary alicyclic amines) is 1. The van der Waals surface area contributed by atoms with Gasteiger partial charge < -0.3 is 14.9 Å². The molecule has 2 N–H and O–H groups in total. The second-order valence-electron chi connectivity index (χ2n) is 4.88. The summed E-state index contributed by atoms with van der Waals surface area (Å²) in [6.45, 7) is -0.615. The van der Waals surface area contributed by atoms with E-state index in [0.717, 1.165) is 9.37 Å². The lowest BCUT2D eigenvalue weighted by atomic mass is 10.1. The molecule has 2 atom stereocenters. The molecule has 1 amide bonds. The number of halogens is 1. The van der Waals surface area contributed by atoms with Gasteiger partial charge in [-0.2, -0.15) is 0 Å². The van der Waals surface area contributed by atoms with E-state index in [0.29, 0.717) is 5.56 Å². The molecule has 1 aliphatic rings. The third-order valence-electron chi connectivity index (χ3n) is 3.31. The monoisotopic (exact) mass is 371 g/mol. The fraction of sp³-hybridized carbons (Fsp3) is 0.357. The number of rotatable bonds is 4. The van der Waals surface area contributed by atoms with Crippen molar-refractivity contribution in [2.45, 2.75) is 18.6 Å². The molecule has 1 aromatic rings. The lowest BCUT2D eigenvalue weighted by Gasteiger charge is -2.19. The lowest BCUT2D eigenvalue weighted by molar-refractivity contribution is -0.147. The van der Waals surface area contributed by atoms with Crippen molar-refractivity contribution in [3.63, 3.8) is 0 Å². The molecule has 0 saturated carbocycles. The fourth-order valence-corrected chi connectivity index (χ4v) is 2.46. The first kappa shape index (κ1) is 16.4.